The molecule has 0 aliphatic heterocycles. The number of aromatic nitrogens is 1. The Balaban J connectivity index is 1.52. The van der Waals surface area contributed by atoms with Crippen molar-refractivity contribution in [2.24, 2.45) is 5.92 Å². The van der Waals surface area contributed by atoms with E-state index in [1.165, 1.54) is 6.26 Å². The van der Waals surface area contributed by atoms with Crippen LogP contribution in [0.1, 0.15) is 61.9 Å². The van der Waals surface area contributed by atoms with Gasteiger partial charge in [-0.25, -0.2) is 8.42 Å². The molecule has 0 radical (unpaired) electrons. The molecule has 1 saturated carbocycles. The van der Waals surface area contributed by atoms with Gasteiger partial charge in [0.05, 0.1) is 35.8 Å². The lowest BCUT2D eigenvalue weighted by Crippen LogP contribution is -2.32. The number of rotatable bonds is 13. The summed E-state index contributed by atoms with van der Waals surface area (Å²) in [6, 6.07) is 16.4. The maximum absolute atomic E-state index is 11.4. The van der Waals surface area contributed by atoms with E-state index >= 15 is 0 Å². The Morgan fingerprint density at radius 1 is 1.10 bits per heavy atom. The molecule has 1 heterocycles. The van der Waals surface area contributed by atoms with Gasteiger partial charge in [-0.1, -0.05) is 18.2 Å². The van der Waals surface area contributed by atoms with Gasteiger partial charge in [-0.3, -0.25) is 9.78 Å². The van der Waals surface area contributed by atoms with Crippen LogP contribution in [0.3, 0.4) is 0 Å². The average Bonchev–Trinajstić information content (AvgIpc) is 3.70. The van der Waals surface area contributed by atoms with Crippen LogP contribution in [0.2, 0.25) is 0 Å². The summed E-state index contributed by atoms with van der Waals surface area (Å²) in [4.78, 5) is 18.0. The van der Waals surface area contributed by atoms with Gasteiger partial charge in [0.25, 0.3) is 0 Å². The number of ether oxygens (including phenoxy) is 2. The second kappa shape index (κ2) is 12.8. The number of hydrogen-bond donors (Lipinski definition) is 1. The molecule has 3 aromatic rings. The fraction of sp³-hybridized carbons (Fsp3) is 0.455. The van der Waals surface area contributed by atoms with E-state index in [2.05, 4.69) is 48.0 Å². The maximum Gasteiger partial charge on any atom is 0.307 e. The van der Waals surface area contributed by atoms with Gasteiger partial charge in [0.2, 0.25) is 0 Å². The topological polar surface area (TPSA) is 106 Å². The Hall–Kier alpha value is -3.43. The molecule has 0 amide bonds. The van der Waals surface area contributed by atoms with E-state index in [0.29, 0.717) is 32.7 Å². The van der Waals surface area contributed by atoms with Gasteiger partial charge in [-0.05, 0) is 106 Å². The summed E-state index contributed by atoms with van der Waals surface area (Å²) in [5.41, 5.74) is 6.92. The van der Waals surface area contributed by atoms with Gasteiger partial charge in [-0.2, -0.15) is 0 Å². The highest BCUT2D eigenvalue weighted by molar-refractivity contribution is 7.90. The van der Waals surface area contributed by atoms with Crippen molar-refractivity contribution in [3.63, 3.8) is 0 Å². The standard InChI is InChI=1S/C33H42N2O6S/c1-22-15-27(40-13-8-14-42(6,38)39)16-23(2)31(22)25-10-7-9-24(17-25)20-35(21-41-33(3,4)5)26-11-12-30(34-19-26)28-18-29(28)32(36)37/h7,9-12,15-17,19,28-29H,8,13-14,18,20-21H2,1-6H3,(H,36,37)/t28?,29-/m1/s1. The molecule has 1 fully saturated rings. The zero-order valence-electron chi connectivity index (χ0n) is 25.4. The van der Waals surface area contributed by atoms with Gasteiger partial charge in [0.15, 0.2) is 0 Å². The van der Waals surface area contributed by atoms with Crippen molar-refractivity contribution in [1.29, 1.82) is 0 Å². The van der Waals surface area contributed by atoms with Crippen molar-refractivity contribution >= 4 is 21.5 Å². The number of aliphatic carboxylic acids is 1. The van der Waals surface area contributed by atoms with E-state index in [1.54, 1.807) is 0 Å². The van der Waals surface area contributed by atoms with Crippen LogP contribution in [0.5, 0.6) is 5.75 Å². The number of nitrogens with zero attached hydrogens (tertiary/aromatic N) is 2. The van der Waals surface area contributed by atoms with Crippen LogP contribution in [0.4, 0.5) is 5.69 Å². The molecule has 1 aliphatic rings. The van der Waals surface area contributed by atoms with E-state index in [4.69, 9.17) is 9.47 Å². The van der Waals surface area contributed by atoms with Gasteiger partial charge >= 0.3 is 5.97 Å². The number of pyridine rings is 1. The molecule has 1 aromatic heterocycles. The first-order valence-electron chi connectivity index (χ1n) is 14.3. The number of carboxylic acids is 1. The van der Waals surface area contributed by atoms with Crippen LogP contribution in [0.25, 0.3) is 11.1 Å². The van der Waals surface area contributed by atoms with Gasteiger partial charge in [0.1, 0.15) is 22.3 Å². The van der Waals surface area contributed by atoms with Crippen LogP contribution in [-0.2, 0) is 25.9 Å². The minimum atomic E-state index is -3.00. The highest BCUT2D eigenvalue weighted by Crippen LogP contribution is 2.46. The normalized spacial score (nSPS) is 16.7. The molecular weight excluding hydrogens is 552 g/mol. The fourth-order valence-corrected chi connectivity index (χ4v) is 5.74. The molecular formula is C33H42N2O6S. The van der Waals surface area contributed by atoms with Gasteiger partial charge < -0.3 is 19.5 Å². The van der Waals surface area contributed by atoms with Crippen molar-refractivity contribution in [2.75, 3.05) is 30.2 Å². The van der Waals surface area contributed by atoms with Gasteiger partial charge in [-0.15, -0.1) is 0 Å². The van der Waals surface area contributed by atoms with Crippen LogP contribution in [0, 0.1) is 19.8 Å². The van der Waals surface area contributed by atoms with Crippen molar-refractivity contribution in [1.82, 2.24) is 4.98 Å². The minimum Gasteiger partial charge on any atom is -0.494 e. The quantitative estimate of drug-likeness (QED) is 0.186. The molecule has 2 atom stereocenters. The first-order chi connectivity index (χ1) is 19.7. The zero-order chi connectivity index (χ0) is 30.7. The number of hydrogen-bond acceptors (Lipinski definition) is 7. The first kappa shape index (κ1) is 31.5. The molecule has 8 nitrogen and oxygen atoms in total. The van der Waals surface area contributed by atoms with E-state index in [9.17, 15) is 18.3 Å². The largest absolute Gasteiger partial charge is 0.494 e. The van der Waals surface area contributed by atoms with Crippen molar-refractivity contribution in [3.05, 3.63) is 77.1 Å². The second-order valence-electron chi connectivity index (χ2n) is 12.3. The van der Waals surface area contributed by atoms with Crippen molar-refractivity contribution in [2.45, 2.75) is 65.5 Å². The molecule has 0 spiro atoms. The van der Waals surface area contributed by atoms with Crippen LogP contribution in [-0.4, -0.2) is 55.4 Å². The fourth-order valence-electron chi connectivity index (χ4n) is 5.10. The summed E-state index contributed by atoms with van der Waals surface area (Å²) in [7, 11) is -3.00. The summed E-state index contributed by atoms with van der Waals surface area (Å²) in [6.07, 6.45) is 4.14. The van der Waals surface area contributed by atoms with Crippen LogP contribution >= 0.6 is 0 Å². The predicted octanol–water partition coefficient (Wildman–Crippen LogP) is 6.15. The number of carbonyl (C=O) groups is 1. The number of anilines is 1. The molecule has 2 aromatic carbocycles. The van der Waals surface area contributed by atoms with E-state index in [1.807, 2.05) is 51.2 Å². The lowest BCUT2D eigenvalue weighted by Gasteiger charge is -2.29. The summed E-state index contributed by atoms with van der Waals surface area (Å²) in [6.45, 7) is 11.5. The maximum atomic E-state index is 11.4. The SMILES string of the molecule is Cc1cc(OCCCS(C)(=O)=O)cc(C)c1-c1cccc(CN(COC(C)(C)C)c2ccc(C3C[C@H]3C(=O)O)nc2)c1. The summed E-state index contributed by atoms with van der Waals surface area (Å²) < 4.78 is 34.8. The van der Waals surface area contributed by atoms with Crippen molar-refractivity contribution in [3.8, 4) is 16.9 Å². The Kier molecular flexibility index (Phi) is 9.63. The Bertz CT molecular complexity index is 1490. The minimum absolute atomic E-state index is 0.0109. The second-order valence-corrected chi connectivity index (χ2v) is 14.5. The molecule has 1 unspecified atom stereocenters. The van der Waals surface area contributed by atoms with Gasteiger partial charge in [0, 0.05) is 24.4 Å². The molecule has 9 heteroatoms. The first-order valence-corrected chi connectivity index (χ1v) is 16.3. The number of aryl methyl sites for hydroxylation is 2. The Morgan fingerprint density at radius 3 is 2.38 bits per heavy atom. The number of carboxylic acid groups (broad SMARTS) is 1. The summed E-state index contributed by atoms with van der Waals surface area (Å²) >= 11 is 0. The monoisotopic (exact) mass is 594 g/mol. The van der Waals surface area contributed by atoms with E-state index in [0.717, 1.165) is 44.9 Å². The highest BCUT2D eigenvalue weighted by atomic mass is 32.2. The molecule has 226 valence electrons. The number of benzene rings is 2. The molecule has 1 aliphatic carbocycles. The molecule has 42 heavy (non-hydrogen) atoms. The lowest BCUT2D eigenvalue weighted by molar-refractivity contribution is -0.138. The average molecular weight is 595 g/mol. The Labute approximate surface area is 249 Å². The highest BCUT2D eigenvalue weighted by Gasteiger charge is 2.45. The molecule has 1 N–H and O–H groups in total. The third-order valence-corrected chi connectivity index (χ3v) is 8.33. The third-order valence-electron chi connectivity index (χ3n) is 7.30. The number of sulfone groups is 1. The molecule has 0 bridgehead atoms. The van der Waals surface area contributed by atoms with E-state index < -0.39 is 15.8 Å². The Morgan fingerprint density at radius 2 is 1.81 bits per heavy atom. The summed E-state index contributed by atoms with van der Waals surface area (Å²) in [5, 5.41) is 9.28. The summed E-state index contributed by atoms with van der Waals surface area (Å²) in [5.74, 6) is -0.259. The third kappa shape index (κ3) is 8.79. The smallest absolute Gasteiger partial charge is 0.307 e. The van der Waals surface area contributed by atoms with Crippen LogP contribution < -0.4 is 9.64 Å². The zero-order valence-corrected chi connectivity index (χ0v) is 26.2. The molecule has 0 saturated heterocycles. The predicted molar refractivity (Wildman–Crippen MR) is 166 cm³/mol. The lowest BCUT2D eigenvalue weighted by atomic mass is 9.94. The molecule has 4 rings (SSSR count). The van der Waals surface area contributed by atoms with E-state index in [-0.39, 0.29) is 23.2 Å². The van der Waals surface area contributed by atoms with Crippen LogP contribution in [0.15, 0.2) is 54.7 Å². The van der Waals surface area contributed by atoms with Crippen molar-refractivity contribution < 1.29 is 27.8 Å².